The third-order valence-electron chi connectivity index (χ3n) is 4.72. The Morgan fingerprint density at radius 2 is 2.00 bits per heavy atom. The highest BCUT2D eigenvalue weighted by atomic mass is 35.5. The number of hydrogen-bond acceptors (Lipinski definition) is 3. The Morgan fingerprint density at radius 1 is 1.25 bits per heavy atom. The fourth-order valence-corrected chi connectivity index (χ4v) is 3.44. The van der Waals surface area contributed by atoms with Crippen LogP contribution in [0.15, 0.2) is 59.3 Å². The van der Waals surface area contributed by atoms with Gasteiger partial charge in [0, 0.05) is 30.4 Å². The number of fused-ring (bicyclic) bond motifs is 1. The molecule has 0 aliphatic heterocycles. The number of imidazole rings is 1. The van der Waals surface area contributed by atoms with Crippen molar-refractivity contribution in [3.8, 4) is 0 Å². The highest BCUT2D eigenvalue weighted by molar-refractivity contribution is 6.35. The molecule has 2 aromatic heterocycles. The number of halogens is 2. The normalized spacial score (nSPS) is 12.3. The molecule has 0 fully saturated rings. The zero-order chi connectivity index (χ0) is 19.8. The lowest BCUT2D eigenvalue weighted by Gasteiger charge is -2.18. The lowest BCUT2D eigenvalue weighted by atomic mass is 10.1. The van der Waals surface area contributed by atoms with Crippen molar-refractivity contribution < 1.29 is 13.6 Å². The Hall–Kier alpha value is -3.12. The monoisotopic (exact) mass is 397 g/mol. The number of nitrogens with zero attached hydrogens (tertiary/aromatic N) is 2. The second-order valence-corrected chi connectivity index (χ2v) is 6.93. The number of para-hydroxylation sites is 1. The van der Waals surface area contributed by atoms with E-state index in [1.807, 2.05) is 26.1 Å². The van der Waals surface area contributed by atoms with Crippen molar-refractivity contribution in [1.82, 2.24) is 14.9 Å². The molecule has 1 atom stereocenters. The molecule has 1 amide bonds. The predicted molar refractivity (Wildman–Crippen MR) is 105 cm³/mol. The minimum atomic E-state index is -0.573. The molecule has 0 radical (unpaired) electrons. The van der Waals surface area contributed by atoms with Crippen molar-refractivity contribution in [3.63, 3.8) is 0 Å². The summed E-state index contributed by atoms with van der Waals surface area (Å²) in [5.41, 5.74) is 1.88. The summed E-state index contributed by atoms with van der Waals surface area (Å²) in [4.78, 5) is 17.4. The molecule has 1 N–H and O–H groups in total. The van der Waals surface area contributed by atoms with E-state index < -0.39 is 11.9 Å². The van der Waals surface area contributed by atoms with Crippen LogP contribution >= 0.6 is 11.6 Å². The van der Waals surface area contributed by atoms with Crippen LogP contribution in [0, 0.1) is 12.7 Å². The third kappa shape index (κ3) is 3.16. The van der Waals surface area contributed by atoms with Crippen LogP contribution in [0.25, 0.3) is 11.0 Å². The van der Waals surface area contributed by atoms with Gasteiger partial charge in [-0.25, -0.2) is 9.37 Å². The van der Waals surface area contributed by atoms with E-state index in [2.05, 4.69) is 10.3 Å². The quantitative estimate of drug-likeness (QED) is 0.538. The van der Waals surface area contributed by atoms with Crippen LogP contribution in [-0.2, 0) is 7.05 Å². The molecule has 0 saturated heterocycles. The standard InChI is InChI=1S/C21H17ClFN3O2/c1-12-15-4-3-5-16(22)19(15)28-18(12)21(27)25-17(20-24-10-11-26(20)2)13-6-8-14(23)9-7-13/h3-11,17H,1-2H3,(H,25,27). The van der Waals surface area contributed by atoms with E-state index in [9.17, 15) is 9.18 Å². The number of aryl methyl sites for hydroxylation is 2. The molecule has 0 aliphatic rings. The van der Waals surface area contributed by atoms with Crippen LogP contribution in [0.4, 0.5) is 4.39 Å². The highest BCUT2D eigenvalue weighted by Gasteiger charge is 2.25. The van der Waals surface area contributed by atoms with Gasteiger partial charge in [-0.2, -0.15) is 0 Å². The van der Waals surface area contributed by atoms with Crippen LogP contribution in [0.3, 0.4) is 0 Å². The first-order valence-corrected chi connectivity index (χ1v) is 9.04. The lowest BCUT2D eigenvalue weighted by molar-refractivity contribution is 0.0914. The van der Waals surface area contributed by atoms with E-state index >= 15 is 0 Å². The molecule has 2 heterocycles. The molecule has 0 bridgehead atoms. The Morgan fingerprint density at radius 3 is 2.64 bits per heavy atom. The number of furan rings is 1. The molecule has 142 valence electrons. The molecule has 4 aromatic rings. The van der Waals surface area contributed by atoms with E-state index in [0.717, 1.165) is 5.39 Å². The summed E-state index contributed by atoms with van der Waals surface area (Å²) < 4.78 is 20.9. The van der Waals surface area contributed by atoms with Gasteiger partial charge in [0.05, 0.1) is 5.02 Å². The topological polar surface area (TPSA) is 60.1 Å². The van der Waals surface area contributed by atoms with Crippen molar-refractivity contribution in [1.29, 1.82) is 0 Å². The molecule has 1 unspecified atom stereocenters. The van der Waals surface area contributed by atoms with Gasteiger partial charge in [-0.05, 0) is 30.7 Å². The minimum absolute atomic E-state index is 0.185. The first-order chi connectivity index (χ1) is 13.5. The Kier molecular flexibility index (Phi) is 4.65. The molecular weight excluding hydrogens is 381 g/mol. The van der Waals surface area contributed by atoms with Gasteiger partial charge in [0.2, 0.25) is 0 Å². The summed E-state index contributed by atoms with van der Waals surface area (Å²) in [7, 11) is 1.83. The molecule has 4 rings (SSSR count). The smallest absolute Gasteiger partial charge is 0.288 e. The number of hydrogen-bond donors (Lipinski definition) is 1. The van der Waals surface area contributed by atoms with Crippen LogP contribution < -0.4 is 5.32 Å². The maximum atomic E-state index is 13.4. The molecule has 5 nitrogen and oxygen atoms in total. The molecule has 7 heteroatoms. The summed E-state index contributed by atoms with van der Waals surface area (Å²) in [6.07, 6.45) is 3.43. The zero-order valence-electron chi connectivity index (χ0n) is 15.2. The molecule has 0 aliphatic carbocycles. The van der Waals surface area contributed by atoms with E-state index in [1.165, 1.54) is 12.1 Å². The second kappa shape index (κ2) is 7.13. The summed E-state index contributed by atoms with van der Waals surface area (Å²) in [6.45, 7) is 1.81. The number of rotatable bonds is 4. The fraction of sp³-hybridized carbons (Fsp3) is 0.143. The van der Waals surface area contributed by atoms with Crippen molar-refractivity contribution in [2.75, 3.05) is 0 Å². The van der Waals surface area contributed by atoms with E-state index in [4.69, 9.17) is 16.0 Å². The van der Waals surface area contributed by atoms with Crippen LogP contribution in [0.1, 0.15) is 33.5 Å². The zero-order valence-corrected chi connectivity index (χ0v) is 16.0. The largest absolute Gasteiger partial charge is 0.449 e. The first kappa shape index (κ1) is 18.3. The van der Waals surface area contributed by atoms with E-state index in [-0.39, 0.29) is 11.6 Å². The van der Waals surface area contributed by atoms with Crippen molar-refractivity contribution in [2.24, 2.45) is 7.05 Å². The summed E-state index contributed by atoms with van der Waals surface area (Å²) in [5.74, 6) is 0.0507. The van der Waals surface area contributed by atoms with Gasteiger partial charge in [-0.1, -0.05) is 35.9 Å². The third-order valence-corrected chi connectivity index (χ3v) is 5.01. The number of aromatic nitrogens is 2. The number of nitrogens with one attached hydrogen (secondary N) is 1. The molecule has 0 saturated carbocycles. The number of amides is 1. The fourth-order valence-electron chi connectivity index (χ4n) is 3.23. The number of carbonyl (C=O) groups is 1. The average Bonchev–Trinajstić information content (AvgIpc) is 3.25. The van der Waals surface area contributed by atoms with Crippen molar-refractivity contribution in [3.05, 3.63) is 88.4 Å². The Balaban J connectivity index is 1.74. The van der Waals surface area contributed by atoms with Gasteiger partial charge in [-0.3, -0.25) is 4.79 Å². The highest BCUT2D eigenvalue weighted by Crippen LogP contribution is 2.31. The average molecular weight is 398 g/mol. The summed E-state index contributed by atoms with van der Waals surface area (Å²) in [6, 6.07) is 10.7. The SMILES string of the molecule is Cc1c(C(=O)NC(c2ccc(F)cc2)c2nccn2C)oc2c(Cl)cccc12. The molecule has 2 aromatic carbocycles. The van der Waals surface area contributed by atoms with Gasteiger partial charge < -0.3 is 14.3 Å². The second-order valence-electron chi connectivity index (χ2n) is 6.53. The van der Waals surface area contributed by atoms with Crippen LogP contribution in [0.5, 0.6) is 0 Å². The minimum Gasteiger partial charge on any atom is -0.449 e. The van der Waals surface area contributed by atoms with Gasteiger partial charge in [0.15, 0.2) is 11.3 Å². The number of benzene rings is 2. The van der Waals surface area contributed by atoms with Gasteiger partial charge in [0.25, 0.3) is 5.91 Å². The van der Waals surface area contributed by atoms with Gasteiger partial charge >= 0.3 is 0 Å². The molecular formula is C21H17ClFN3O2. The molecule has 0 spiro atoms. The lowest BCUT2D eigenvalue weighted by Crippen LogP contribution is -2.31. The Bertz CT molecular complexity index is 1160. The number of carbonyl (C=O) groups excluding carboxylic acids is 1. The van der Waals surface area contributed by atoms with Crippen molar-refractivity contribution >= 4 is 28.5 Å². The van der Waals surface area contributed by atoms with E-state index in [0.29, 0.717) is 27.6 Å². The maximum absolute atomic E-state index is 13.4. The summed E-state index contributed by atoms with van der Waals surface area (Å²) in [5, 5.41) is 4.18. The summed E-state index contributed by atoms with van der Waals surface area (Å²) >= 11 is 6.19. The van der Waals surface area contributed by atoms with Crippen molar-refractivity contribution in [2.45, 2.75) is 13.0 Å². The predicted octanol–water partition coefficient (Wildman–Crippen LogP) is 4.79. The molecule has 28 heavy (non-hydrogen) atoms. The first-order valence-electron chi connectivity index (χ1n) is 8.67. The van der Waals surface area contributed by atoms with E-state index in [1.54, 1.807) is 35.2 Å². The maximum Gasteiger partial charge on any atom is 0.288 e. The Labute approximate surface area is 165 Å². The van der Waals surface area contributed by atoms with Crippen LogP contribution in [-0.4, -0.2) is 15.5 Å². The van der Waals surface area contributed by atoms with Gasteiger partial charge in [0.1, 0.15) is 17.7 Å². The van der Waals surface area contributed by atoms with Crippen LogP contribution in [0.2, 0.25) is 5.02 Å². The van der Waals surface area contributed by atoms with Gasteiger partial charge in [-0.15, -0.1) is 0 Å².